The Hall–Kier alpha value is -3.90. The SMILES string of the molecule is N#C/C(=C\c1ccc(-c2ccc(Br)cc2)o1)C(=O)Nc1ccc([N+](=O)[O-])cc1O. The normalized spacial score (nSPS) is 11.0. The van der Waals surface area contributed by atoms with Gasteiger partial charge in [0, 0.05) is 22.2 Å². The lowest BCUT2D eigenvalue weighted by Gasteiger charge is -2.06. The van der Waals surface area contributed by atoms with E-state index in [4.69, 9.17) is 4.42 Å². The molecule has 1 aromatic heterocycles. The number of hydrogen-bond acceptors (Lipinski definition) is 6. The minimum Gasteiger partial charge on any atom is -0.506 e. The van der Waals surface area contributed by atoms with Crippen molar-refractivity contribution in [2.24, 2.45) is 0 Å². The van der Waals surface area contributed by atoms with E-state index in [1.54, 1.807) is 18.2 Å². The second-order valence-corrected chi connectivity index (χ2v) is 6.71. The number of non-ortho nitro benzene ring substituents is 1. The first-order valence-electron chi connectivity index (χ1n) is 8.13. The molecule has 144 valence electrons. The maximum Gasteiger partial charge on any atom is 0.273 e. The molecule has 3 rings (SSSR count). The van der Waals surface area contributed by atoms with E-state index in [1.165, 1.54) is 12.1 Å². The molecule has 0 radical (unpaired) electrons. The van der Waals surface area contributed by atoms with Crippen molar-refractivity contribution in [2.45, 2.75) is 0 Å². The molecule has 0 saturated carbocycles. The van der Waals surface area contributed by atoms with E-state index in [1.807, 2.05) is 24.3 Å². The third kappa shape index (κ3) is 4.69. The number of amides is 1. The quantitative estimate of drug-likeness (QED) is 0.186. The molecule has 2 aromatic carbocycles. The number of halogens is 1. The van der Waals surface area contributed by atoms with Crippen LogP contribution in [0.25, 0.3) is 17.4 Å². The zero-order chi connectivity index (χ0) is 21.0. The number of anilines is 1. The summed E-state index contributed by atoms with van der Waals surface area (Å²) in [7, 11) is 0. The highest BCUT2D eigenvalue weighted by Crippen LogP contribution is 2.29. The number of phenols is 1. The molecule has 0 aliphatic heterocycles. The Bertz CT molecular complexity index is 1160. The van der Waals surface area contributed by atoms with Gasteiger partial charge in [0.1, 0.15) is 28.9 Å². The van der Waals surface area contributed by atoms with E-state index in [9.17, 15) is 25.3 Å². The van der Waals surface area contributed by atoms with E-state index in [-0.39, 0.29) is 16.9 Å². The predicted octanol–water partition coefficient (Wildman–Crippen LogP) is 4.87. The zero-order valence-corrected chi connectivity index (χ0v) is 16.2. The molecule has 0 spiro atoms. The van der Waals surface area contributed by atoms with Gasteiger partial charge in [0.2, 0.25) is 0 Å². The minimum absolute atomic E-state index is 0.0586. The molecule has 0 bridgehead atoms. The van der Waals surface area contributed by atoms with Crippen molar-refractivity contribution in [2.75, 3.05) is 5.32 Å². The maximum absolute atomic E-state index is 12.3. The molecule has 3 aromatic rings. The van der Waals surface area contributed by atoms with Gasteiger partial charge >= 0.3 is 0 Å². The fraction of sp³-hybridized carbons (Fsp3) is 0. The van der Waals surface area contributed by atoms with Gasteiger partial charge in [-0.15, -0.1) is 0 Å². The number of rotatable bonds is 5. The first kappa shape index (κ1) is 19.9. The number of hydrogen-bond donors (Lipinski definition) is 2. The van der Waals surface area contributed by atoms with Crippen molar-refractivity contribution in [1.29, 1.82) is 5.26 Å². The number of nitro groups is 1. The number of carbonyl (C=O) groups is 1. The molecule has 8 nitrogen and oxygen atoms in total. The van der Waals surface area contributed by atoms with Gasteiger partial charge in [-0.3, -0.25) is 14.9 Å². The molecule has 0 unspecified atom stereocenters. The summed E-state index contributed by atoms with van der Waals surface area (Å²) in [5.74, 6) is -0.421. The molecule has 9 heteroatoms. The van der Waals surface area contributed by atoms with Gasteiger partial charge in [0.15, 0.2) is 0 Å². The zero-order valence-electron chi connectivity index (χ0n) is 14.6. The van der Waals surface area contributed by atoms with Crippen LogP contribution in [0.4, 0.5) is 11.4 Å². The van der Waals surface area contributed by atoms with E-state index in [0.717, 1.165) is 22.2 Å². The summed E-state index contributed by atoms with van der Waals surface area (Å²) in [5.41, 5.74) is 0.176. The highest BCUT2D eigenvalue weighted by atomic mass is 79.9. The van der Waals surface area contributed by atoms with E-state index in [0.29, 0.717) is 11.5 Å². The Labute approximate surface area is 173 Å². The largest absolute Gasteiger partial charge is 0.506 e. The van der Waals surface area contributed by atoms with Crippen LogP contribution in [0.2, 0.25) is 0 Å². The van der Waals surface area contributed by atoms with Crippen molar-refractivity contribution in [1.82, 2.24) is 0 Å². The molecule has 1 amide bonds. The molecular formula is C20H12BrN3O5. The molecular weight excluding hydrogens is 442 g/mol. The molecule has 0 fully saturated rings. The average molecular weight is 454 g/mol. The Morgan fingerprint density at radius 3 is 2.55 bits per heavy atom. The van der Waals surface area contributed by atoms with Gasteiger partial charge < -0.3 is 14.8 Å². The number of nitriles is 1. The smallest absolute Gasteiger partial charge is 0.273 e. The number of furan rings is 1. The third-order valence-electron chi connectivity index (χ3n) is 3.85. The van der Waals surface area contributed by atoms with Crippen LogP contribution in [0.15, 0.2) is 69.1 Å². The molecule has 0 aliphatic rings. The first-order valence-corrected chi connectivity index (χ1v) is 8.93. The summed E-state index contributed by atoms with van der Waals surface area (Å²) in [5, 5.41) is 32.2. The second kappa shape index (κ2) is 8.41. The summed E-state index contributed by atoms with van der Waals surface area (Å²) in [4.78, 5) is 22.4. The fourth-order valence-electron chi connectivity index (χ4n) is 2.42. The van der Waals surface area contributed by atoms with E-state index >= 15 is 0 Å². The molecule has 0 aliphatic carbocycles. The molecule has 29 heavy (non-hydrogen) atoms. The average Bonchev–Trinajstić information content (AvgIpc) is 3.16. The second-order valence-electron chi connectivity index (χ2n) is 5.79. The van der Waals surface area contributed by atoms with Gasteiger partial charge in [-0.2, -0.15) is 5.26 Å². The van der Waals surface area contributed by atoms with Crippen LogP contribution < -0.4 is 5.32 Å². The number of carbonyl (C=O) groups excluding carboxylic acids is 1. The van der Waals surface area contributed by atoms with Gasteiger partial charge in [0.05, 0.1) is 16.7 Å². The lowest BCUT2D eigenvalue weighted by Crippen LogP contribution is -2.13. The summed E-state index contributed by atoms with van der Waals surface area (Å²) >= 11 is 3.35. The van der Waals surface area contributed by atoms with Crippen LogP contribution in [0, 0.1) is 21.4 Å². The Kier molecular flexibility index (Phi) is 5.76. The number of nitrogens with zero attached hydrogens (tertiary/aromatic N) is 2. The maximum atomic E-state index is 12.3. The van der Waals surface area contributed by atoms with Crippen LogP contribution in [0.1, 0.15) is 5.76 Å². The lowest BCUT2D eigenvalue weighted by atomic mass is 10.2. The van der Waals surface area contributed by atoms with Gasteiger partial charge in [-0.05, 0) is 30.3 Å². The fourth-order valence-corrected chi connectivity index (χ4v) is 2.68. The highest BCUT2D eigenvalue weighted by molar-refractivity contribution is 9.10. The number of nitro benzene ring substituents is 1. The molecule has 1 heterocycles. The van der Waals surface area contributed by atoms with E-state index < -0.39 is 16.6 Å². The van der Waals surface area contributed by atoms with Crippen LogP contribution in [0.5, 0.6) is 5.75 Å². The molecule has 0 atom stereocenters. The van der Waals surface area contributed by atoms with E-state index in [2.05, 4.69) is 21.2 Å². The number of benzene rings is 2. The van der Waals surface area contributed by atoms with Crippen molar-refractivity contribution in [3.05, 3.63) is 80.5 Å². The van der Waals surface area contributed by atoms with Crippen LogP contribution >= 0.6 is 15.9 Å². The summed E-state index contributed by atoms with van der Waals surface area (Å²) in [6.07, 6.45) is 1.26. The summed E-state index contributed by atoms with van der Waals surface area (Å²) in [6, 6.07) is 15.7. The number of aromatic hydroxyl groups is 1. The lowest BCUT2D eigenvalue weighted by molar-refractivity contribution is -0.384. The highest BCUT2D eigenvalue weighted by Gasteiger charge is 2.15. The Morgan fingerprint density at radius 2 is 1.93 bits per heavy atom. The monoisotopic (exact) mass is 453 g/mol. The third-order valence-corrected chi connectivity index (χ3v) is 4.38. The van der Waals surface area contributed by atoms with Crippen molar-refractivity contribution in [3.8, 4) is 23.1 Å². The standard InChI is InChI=1S/C20H12BrN3O5/c21-14-3-1-12(2-4-14)19-8-6-16(29-19)9-13(11-22)20(26)23-17-7-5-15(24(27)28)10-18(17)25/h1-10,25H,(H,23,26)/b13-9+. The van der Waals surface area contributed by atoms with Crippen molar-refractivity contribution >= 4 is 39.3 Å². The van der Waals surface area contributed by atoms with Crippen LogP contribution in [-0.4, -0.2) is 15.9 Å². The minimum atomic E-state index is -0.793. The van der Waals surface area contributed by atoms with Crippen molar-refractivity contribution < 1.29 is 19.2 Å². The van der Waals surface area contributed by atoms with Crippen LogP contribution in [0.3, 0.4) is 0 Å². The topological polar surface area (TPSA) is 129 Å². The van der Waals surface area contributed by atoms with Crippen LogP contribution in [-0.2, 0) is 4.79 Å². The first-order chi connectivity index (χ1) is 13.9. The predicted molar refractivity (Wildman–Crippen MR) is 109 cm³/mol. The molecule has 0 saturated heterocycles. The van der Waals surface area contributed by atoms with Gasteiger partial charge in [-0.25, -0.2) is 0 Å². The number of phenolic OH excluding ortho intramolecular Hbond substituents is 1. The van der Waals surface area contributed by atoms with Gasteiger partial charge in [0.25, 0.3) is 11.6 Å². The van der Waals surface area contributed by atoms with Crippen molar-refractivity contribution in [3.63, 3.8) is 0 Å². The summed E-state index contributed by atoms with van der Waals surface area (Å²) in [6.45, 7) is 0. The summed E-state index contributed by atoms with van der Waals surface area (Å²) < 4.78 is 6.58. The van der Waals surface area contributed by atoms with Gasteiger partial charge in [-0.1, -0.05) is 28.1 Å². The molecule has 2 N–H and O–H groups in total. The Morgan fingerprint density at radius 1 is 1.21 bits per heavy atom. The number of nitrogens with one attached hydrogen (secondary N) is 1. The Balaban J connectivity index is 1.80.